The van der Waals surface area contributed by atoms with E-state index >= 15 is 0 Å². The molecule has 3 aliphatic carbocycles. The monoisotopic (exact) mass is 273 g/mol. The predicted molar refractivity (Wildman–Crippen MR) is 78.8 cm³/mol. The van der Waals surface area contributed by atoms with Gasteiger partial charge in [-0.05, 0) is 74.0 Å². The minimum absolute atomic E-state index is 0.144. The summed E-state index contributed by atoms with van der Waals surface area (Å²) >= 11 is 0. The van der Waals surface area contributed by atoms with Gasteiger partial charge in [0.25, 0.3) is 0 Å². The maximum absolute atomic E-state index is 13.0. The second-order valence-corrected chi connectivity index (χ2v) is 7.20. The lowest BCUT2D eigenvalue weighted by molar-refractivity contribution is 0.200. The Labute approximate surface area is 121 Å². The average molecular weight is 273 g/mol. The lowest BCUT2D eigenvalue weighted by atomic mass is 9.79. The molecule has 0 aromatic heterocycles. The topological polar surface area (TPSA) is 12.0 Å². The van der Waals surface area contributed by atoms with E-state index in [-0.39, 0.29) is 5.82 Å². The number of rotatable bonds is 3. The zero-order valence-electron chi connectivity index (χ0n) is 12.2. The fourth-order valence-electron chi connectivity index (χ4n) is 5.43. The van der Waals surface area contributed by atoms with Crippen LogP contribution in [0.5, 0.6) is 0 Å². The highest BCUT2D eigenvalue weighted by molar-refractivity contribution is 5.20. The van der Waals surface area contributed by atoms with Crippen LogP contribution in [0.2, 0.25) is 0 Å². The van der Waals surface area contributed by atoms with Gasteiger partial charge in [0.15, 0.2) is 0 Å². The zero-order chi connectivity index (χ0) is 13.7. The van der Waals surface area contributed by atoms with Crippen molar-refractivity contribution in [2.45, 2.75) is 51.1 Å². The van der Waals surface area contributed by atoms with Crippen molar-refractivity contribution in [3.05, 3.63) is 35.6 Å². The van der Waals surface area contributed by atoms with Gasteiger partial charge in [-0.3, -0.25) is 0 Å². The van der Waals surface area contributed by atoms with Crippen LogP contribution < -0.4 is 5.32 Å². The molecule has 0 spiro atoms. The van der Waals surface area contributed by atoms with Crippen LogP contribution in [0.4, 0.5) is 4.39 Å². The summed E-state index contributed by atoms with van der Waals surface area (Å²) < 4.78 is 13.0. The van der Waals surface area contributed by atoms with Crippen molar-refractivity contribution >= 4 is 0 Å². The molecule has 2 bridgehead atoms. The summed E-state index contributed by atoms with van der Waals surface area (Å²) in [4.78, 5) is 0. The first-order valence-corrected chi connectivity index (χ1v) is 8.24. The van der Waals surface area contributed by atoms with Crippen molar-refractivity contribution in [1.82, 2.24) is 5.32 Å². The summed E-state index contributed by atoms with van der Waals surface area (Å²) in [5.74, 6) is 3.82. The molecule has 0 amide bonds. The molecule has 3 fully saturated rings. The largest absolute Gasteiger partial charge is 0.307 e. The summed E-state index contributed by atoms with van der Waals surface area (Å²) in [6, 6.07) is 8.00. The predicted octanol–water partition coefficient (Wildman–Crippen LogP) is 4.30. The van der Waals surface area contributed by atoms with Crippen molar-refractivity contribution < 1.29 is 4.39 Å². The van der Waals surface area contributed by atoms with Crippen molar-refractivity contribution in [3.8, 4) is 0 Å². The van der Waals surface area contributed by atoms with E-state index in [2.05, 4.69) is 12.2 Å². The fourth-order valence-corrected chi connectivity index (χ4v) is 5.43. The lowest BCUT2D eigenvalue weighted by Gasteiger charge is -2.34. The van der Waals surface area contributed by atoms with E-state index in [0.29, 0.717) is 12.1 Å². The molecule has 108 valence electrons. The Morgan fingerprint density at radius 2 is 1.80 bits per heavy atom. The van der Waals surface area contributed by atoms with Crippen molar-refractivity contribution in [2.75, 3.05) is 0 Å². The Bertz CT molecular complexity index is 483. The SMILES string of the molecule is C[C@H](NC1CC2CC1C1CCCC21)c1ccc(F)cc1. The van der Waals surface area contributed by atoms with Crippen molar-refractivity contribution in [1.29, 1.82) is 0 Å². The molecule has 2 heteroatoms. The van der Waals surface area contributed by atoms with Gasteiger partial charge in [0.1, 0.15) is 5.82 Å². The van der Waals surface area contributed by atoms with Crippen LogP contribution in [0.1, 0.15) is 50.6 Å². The molecule has 0 heterocycles. The van der Waals surface area contributed by atoms with Crippen LogP contribution in [0.3, 0.4) is 0 Å². The zero-order valence-corrected chi connectivity index (χ0v) is 12.2. The first-order chi connectivity index (χ1) is 9.72. The van der Waals surface area contributed by atoms with Gasteiger partial charge in [0.05, 0.1) is 0 Å². The van der Waals surface area contributed by atoms with Gasteiger partial charge in [-0.15, -0.1) is 0 Å². The molecule has 3 aliphatic rings. The maximum Gasteiger partial charge on any atom is 0.123 e. The van der Waals surface area contributed by atoms with E-state index in [4.69, 9.17) is 0 Å². The molecule has 0 aliphatic heterocycles. The quantitative estimate of drug-likeness (QED) is 0.865. The molecule has 1 aromatic rings. The number of halogens is 1. The fraction of sp³-hybridized carbons (Fsp3) is 0.667. The van der Waals surface area contributed by atoms with Gasteiger partial charge in [0, 0.05) is 12.1 Å². The summed E-state index contributed by atoms with van der Waals surface area (Å²) in [5.41, 5.74) is 1.21. The van der Waals surface area contributed by atoms with Gasteiger partial charge < -0.3 is 5.32 Å². The van der Waals surface area contributed by atoms with Gasteiger partial charge in [-0.1, -0.05) is 18.6 Å². The molecule has 0 radical (unpaired) electrons. The summed E-state index contributed by atoms with van der Waals surface area (Å²) in [7, 11) is 0. The molecule has 1 N–H and O–H groups in total. The highest BCUT2D eigenvalue weighted by Crippen LogP contribution is 2.58. The number of hydrogen-bond donors (Lipinski definition) is 1. The molecule has 5 unspecified atom stereocenters. The van der Waals surface area contributed by atoms with Gasteiger partial charge in [0.2, 0.25) is 0 Å². The second-order valence-electron chi connectivity index (χ2n) is 7.20. The van der Waals surface area contributed by atoms with Crippen LogP contribution in [0.25, 0.3) is 0 Å². The molecule has 20 heavy (non-hydrogen) atoms. The summed E-state index contributed by atoms with van der Waals surface area (Å²) in [6.07, 6.45) is 7.25. The van der Waals surface area contributed by atoms with Gasteiger partial charge in [-0.25, -0.2) is 4.39 Å². The number of fused-ring (bicyclic) bond motifs is 5. The van der Waals surface area contributed by atoms with Crippen LogP contribution >= 0.6 is 0 Å². The van der Waals surface area contributed by atoms with E-state index in [1.54, 1.807) is 12.1 Å². The van der Waals surface area contributed by atoms with Crippen LogP contribution in [0, 0.1) is 29.5 Å². The summed E-state index contributed by atoms with van der Waals surface area (Å²) in [6.45, 7) is 2.21. The van der Waals surface area contributed by atoms with E-state index < -0.39 is 0 Å². The molecular formula is C18H24FN. The van der Waals surface area contributed by atoms with Gasteiger partial charge >= 0.3 is 0 Å². The highest BCUT2D eigenvalue weighted by Gasteiger charge is 2.53. The van der Waals surface area contributed by atoms with E-state index in [0.717, 1.165) is 23.7 Å². The van der Waals surface area contributed by atoms with Crippen LogP contribution in [-0.2, 0) is 0 Å². The summed E-state index contributed by atoms with van der Waals surface area (Å²) in [5, 5.41) is 3.84. The van der Waals surface area contributed by atoms with Crippen LogP contribution in [-0.4, -0.2) is 6.04 Å². The molecule has 3 saturated carbocycles. The number of hydrogen-bond acceptors (Lipinski definition) is 1. The molecule has 4 rings (SSSR count). The minimum atomic E-state index is -0.144. The Kier molecular flexibility index (Phi) is 3.10. The first-order valence-electron chi connectivity index (χ1n) is 8.24. The normalized spacial score (nSPS) is 40.0. The maximum atomic E-state index is 13.0. The third-order valence-corrected chi connectivity index (χ3v) is 6.26. The lowest BCUT2D eigenvalue weighted by Crippen LogP contribution is -2.40. The first kappa shape index (κ1) is 12.8. The third kappa shape index (κ3) is 2.00. The molecule has 6 atom stereocenters. The van der Waals surface area contributed by atoms with Crippen molar-refractivity contribution in [3.63, 3.8) is 0 Å². The number of nitrogens with one attached hydrogen (secondary N) is 1. The number of benzene rings is 1. The van der Waals surface area contributed by atoms with Crippen molar-refractivity contribution in [2.24, 2.45) is 23.7 Å². The Balaban J connectivity index is 1.44. The van der Waals surface area contributed by atoms with E-state index in [9.17, 15) is 4.39 Å². The van der Waals surface area contributed by atoms with E-state index in [1.807, 2.05) is 12.1 Å². The molecular weight excluding hydrogens is 249 g/mol. The minimum Gasteiger partial charge on any atom is -0.307 e. The molecule has 1 aromatic carbocycles. The smallest absolute Gasteiger partial charge is 0.123 e. The third-order valence-electron chi connectivity index (χ3n) is 6.26. The average Bonchev–Trinajstić information content (AvgIpc) is 3.11. The molecule has 1 nitrogen and oxygen atoms in total. The Morgan fingerprint density at radius 1 is 1.05 bits per heavy atom. The second kappa shape index (κ2) is 4.84. The van der Waals surface area contributed by atoms with Gasteiger partial charge in [-0.2, -0.15) is 0 Å². The Morgan fingerprint density at radius 3 is 2.60 bits per heavy atom. The van der Waals surface area contributed by atoms with Crippen LogP contribution in [0.15, 0.2) is 24.3 Å². The standard InChI is InChI=1S/C18H24FN/c1-11(12-5-7-14(19)8-6-12)20-18-10-13-9-17(18)16-4-2-3-15(13)16/h5-8,11,13,15-18,20H,2-4,9-10H2,1H3/t11-,13?,15?,16?,17?,18?/m0/s1. The highest BCUT2D eigenvalue weighted by atomic mass is 19.1. The van der Waals surface area contributed by atoms with E-state index in [1.165, 1.54) is 37.7 Å². The Hall–Kier alpha value is -0.890. The molecule has 0 saturated heterocycles.